The molecule has 0 fully saturated rings. The molecular formula is C44H81NO8P+. The molecule has 9 nitrogen and oxygen atoms in total. The summed E-state index contributed by atoms with van der Waals surface area (Å²) in [5, 5.41) is 0. The van der Waals surface area contributed by atoms with Crippen LogP contribution in [-0.2, 0) is 32.7 Å². The lowest BCUT2D eigenvalue weighted by Gasteiger charge is -2.24. The maximum Gasteiger partial charge on any atom is 0.472 e. The van der Waals surface area contributed by atoms with Crippen LogP contribution in [0.4, 0.5) is 0 Å². The van der Waals surface area contributed by atoms with E-state index in [2.05, 4.69) is 62.5 Å². The van der Waals surface area contributed by atoms with Gasteiger partial charge < -0.3 is 18.9 Å². The number of esters is 2. The predicted octanol–water partition coefficient (Wildman–Crippen LogP) is 11.9. The molecule has 0 spiro atoms. The summed E-state index contributed by atoms with van der Waals surface area (Å²) in [5.74, 6) is -0.857. The summed E-state index contributed by atoms with van der Waals surface area (Å²) in [5.41, 5.74) is 0. The molecule has 0 amide bonds. The Morgan fingerprint density at radius 3 is 1.63 bits per heavy atom. The number of unbranched alkanes of at least 4 members (excludes halogenated alkanes) is 17. The van der Waals surface area contributed by atoms with Crippen molar-refractivity contribution in [2.75, 3.05) is 47.5 Å². The fourth-order valence-corrected chi connectivity index (χ4v) is 6.19. The van der Waals surface area contributed by atoms with Gasteiger partial charge in [0.2, 0.25) is 0 Å². The first-order valence-corrected chi connectivity index (χ1v) is 22.9. The van der Waals surface area contributed by atoms with Crippen LogP contribution in [-0.4, -0.2) is 74.9 Å². The Kier molecular flexibility index (Phi) is 35.2. The maximum atomic E-state index is 12.7. The van der Waals surface area contributed by atoms with Gasteiger partial charge in [0.15, 0.2) is 6.10 Å². The van der Waals surface area contributed by atoms with Crippen molar-refractivity contribution in [2.45, 2.75) is 174 Å². The summed E-state index contributed by atoms with van der Waals surface area (Å²) < 4.78 is 34.2. The Labute approximate surface area is 331 Å². The van der Waals surface area contributed by atoms with E-state index in [0.717, 1.165) is 64.2 Å². The minimum atomic E-state index is -4.38. The molecule has 0 heterocycles. The third-order valence-electron chi connectivity index (χ3n) is 8.86. The number of hydrogen-bond donors (Lipinski definition) is 1. The molecule has 0 aromatic heterocycles. The molecule has 0 aromatic carbocycles. The van der Waals surface area contributed by atoms with Crippen molar-refractivity contribution in [3.05, 3.63) is 48.6 Å². The zero-order chi connectivity index (χ0) is 40.0. The Hall–Kier alpha value is -2.03. The number of likely N-dealkylation sites (N-methyl/N-ethyl adjacent to an activating group) is 1. The van der Waals surface area contributed by atoms with Crippen molar-refractivity contribution in [2.24, 2.45) is 0 Å². The van der Waals surface area contributed by atoms with Crippen LogP contribution in [0, 0.1) is 0 Å². The number of allylic oxidation sites excluding steroid dienone is 8. The van der Waals surface area contributed by atoms with E-state index in [1.165, 1.54) is 64.2 Å². The summed E-state index contributed by atoms with van der Waals surface area (Å²) in [6, 6.07) is 0. The molecule has 1 N–H and O–H groups in total. The molecular weight excluding hydrogens is 701 g/mol. The predicted molar refractivity (Wildman–Crippen MR) is 224 cm³/mol. The zero-order valence-electron chi connectivity index (χ0n) is 35.2. The molecule has 0 aliphatic carbocycles. The second-order valence-electron chi connectivity index (χ2n) is 15.4. The number of ether oxygens (including phenoxy) is 2. The van der Waals surface area contributed by atoms with Crippen molar-refractivity contribution in [3.8, 4) is 0 Å². The molecule has 2 atom stereocenters. The Morgan fingerprint density at radius 1 is 0.593 bits per heavy atom. The second kappa shape index (κ2) is 36.6. The molecule has 0 radical (unpaired) electrons. The highest BCUT2D eigenvalue weighted by atomic mass is 31.2. The summed E-state index contributed by atoms with van der Waals surface area (Å²) >= 11 is 0. The lowest BCUT2D eigenvalue weighted by molar-refractivity contribution is -0.870. The smallest absolute Gasteiger partial charge is 0.462 e. The average molecular weight is 783 g/mol. The fourth-order valence-electron chi connectivity index (χ4n) is 5.44. The number of carbonyl (C=O) groups is 2. The molecule has 0 saturated heterocycles. The monoisotopic (exact) mass is 783 g/mol. The van der Waals surface area contributed by atoms with Gasteiger partial charge in [0, 0.05) is 12.8 Å². The standard InChI is InChI=1S/C44H80NO8P/c1-6-8-10-12-14-16-18-20-22-24-26-28-30-32-34-36-43(46)50-40-42(41-52-54(48,49)51-39-38-45(3,4)5)53-44(47)37-35-33-31-29-27-25-23-21-19-17-15-13-11-9-7-2/h16,18,20-23,27,29,42H,6-15,17,19,24-26,28,30-41H2,1-5H3/p+1/b18-16+,22-20+,23-21+,29-27+/t42-/m1/s1. The van der Waals surface area contributed by atoms with E-state index in [-0.39, 0.29) is 26.1 Å². The third kappa shape index (κ3) is 39.7. The van der Waals surface area contributed by atoms with E-state index in [1.54, 1.807) is 0 Å². The molecule has 0 aliphatic heterocycles. The van der Waals surface area contributed by atoms with Gasteiger partial charge >= 0.3 is 19.8 Å². The zero-order valence-corrected chi connectivity index (χ0v) is 36.1. The molecule has 0 aliphatic rings. The van der Waals surface area contributed by atoms with E-state index in [4.69, 9.17) is 18.5 Å². The van der Waals surface area contributed by atoms with Gasteiger partial charge in [-0.15, -0.1) is 0 Å². The largest absolute Gasteiger partial charge is 0.472 e. The Bertz CT molecular complexity index is 1070. The highest BCUT2D eigenvalue weighted by molar-refractivity contribution is 7.47. The van der Waals surface area contributed by atoms with E-state index >= 15 is 0 Å². The van der Waals surface area contributed by atoms with E-state index in [0.29, 0.717) is 23.9 Å². The molecule has 314 valence electrons. The van der Waals surface area contributed by atoms with Crippen molar-refractivity contribution in [3.63, 3.8) is 0 Å². The van der Waals surface area contributed by atoms with Crippen LogP contribution in [0.1, 0.15) is 168 Å². The minimum Gasteiger partial charge on any atom is -0.462 e. The summed E-state index contributed by atoms with van der Waals surface area (Å²) in [7, 11) is 1.44. The first kappa shape index (κ1) is 52.0. The van der Waals surface area contributed by atoms with Crippen LogP contribution < -0.4 is 0 Å². The van der Waals surface area contributed by atoms with Crippen LogP contribution >= 0.6 is 7.82 Å². The highest BCUT2D eigenvalue weighted by Gasteiger charge is 2.27. The van der Waals surface area contributed by atoms with E-state index < -0.39 is 32.5 Å². The van der Waals surface area contributed by atoms with Crippen LogP contribution in [0.15, 0.2) is 48.6 Å². The molecule has 54 heavy (non-hydrogen) atoms. The van der Waals surface area contributed by atoms with Gasteiger partial charge in [0.1, 0.15) is 19.8 Å². The van der Waals surface area contributed by atoms with Gasteiger partial charge in [0.05, 0.1) is 27.7 Å². The molecule has 10 heteroatoms. The van der Waals surface area contributed by atoms with Gasteiger partial charge in [-0.2, -0.15) is 0 Å². The van der Waals surface area contributed by atoms with Crippen LogP contribution in [0.2, 0.25) is 0 Å². The summed E-state index contributed by atoms with van der Waals surface area (Å²) in [6.45, 7) is 4.32. The highest BCUT2D eigenvalue weighted by Crippen LogP contribution is 2.43. The molecule has 0 rings (SSSR count). The van der Waals surface area contributed by atoms with Gasteiger partial charge in [-0.1, -0.05) is 133 Å². The minimum absolute atomic E-state index is 0.0218. The third-order valence-corrected chi connectivity index (χ3v) is 9.84. The SMILES string of the molecule is CCCCCC/C=C/C=C/CCCCCCCC(=O)OC[C@H](COP(=O)(O)OCC[N+](C)(C)C)OC(=O)CCCC/C=C/C/C=C/CCCCCCCC. The van der Waals surface area contributed by atoms with Gasteiger partial charge in [-0.3, -0.25) is 18.6 Å². The molecule has 1 unspecified atom stereocenters. The number of nitrogens with zero attached hydrogens (tertiary/aromatic N) is 1. The first-order valence-electron chi connectivity index (χ1n) is 21.4. The van der Waals surface area contributed by atoms with Crippen molar-refractivity contribution >= 4 is 19.8 Å². The quantitative estimate of drug-likeness (QED) is 0.0165. The average Bonchev–Trinajstić information content (AvgIpc) is 3.12. The van der Waals surface area contributed by atoms with Crippen LogP contribution in [0.5, 0.6) is 0 Å². The number of rotatable bonds is 38. The normalized spacial score (nSPS) is 14.1. The Balaban J connectivity index is 4.47. The van der Waals surface area contributed by atoms with Crippen LogP contribution in [0.3, 0.4) is 0 Å². The van der Waals surface area contributed by atoms with E-state index in [9.17, 15) is 19.0 Å². The number of phosphoric acid groups is 1. The molecule has 0 saturated carbocycles. The van der Waals surface area contributed by atoms with Crippen molar-refractivity contribution in [1.82, 2.24) is 0 Å². The lowest BCUT2D eigenvalue weighted by atomic mass is 10.1. The van der Waals surface area contributed by atoms with Gasteiger partial charge in [-0.25, -0.2) is 4.57 Å². The first-order chi connectivity index (χ1) is 26.0. The summed E-state index contributed by atoms with van der Waals surface area (Å²) in [4.78, 5) is 35.3. The summed E-state index contributed by atoms with van der Waals surface area (Å²) in [6.07, 6.45) is 41.6. The van der Waals surface area contributed by atoms with Crippen molar-refractivity contribution in [1.29, 1.82) is 0 Å². The lowest BCUT2D eigenvalue weighted by Crippen LogP contribution is -2.37. The van der Waals surface area contributed by atoms with Gasteiger partial charge in [-0.05, 0) is 70.6 Å². The fraction of sp³-hybridized carbons (Fsp3) is 0.773. The van der Waals surface area contributed by atoms with Gasteiger partial charge in [0.25, 0.3) is 0 Å². The molecule has 0 bridgehead atoms. The number of hydrogen-bond acceptors (Lipinski definition) is 7. The van der Waals surface area contributed by atoms with Crippen LogP contribution in [0.25, 0.3) is 0 Å². The Morgan fingerprint density at radius 2 is 1.06 bits per heavy atom. The topological polar surface area (TPSA) is 108 Å². The maximum absolute atomic E-state index is 12.7. The number of quaternary nitrogens is 1. The number of phosphoric ester groups is 1. The second-order valence-corrected chi connectivity index (χ2v) is 16.9. The molecule has 0 aromatic rings. The number of carbonyl (C=O) groups excluding carboxylic acids is 2. The van der Waals surface area contributed by atoms with E-state index in [1.807, 2.05) is 21.1 Å². The van der Waals surface area contributed by atoms with Crippen molar-refractivity contribution < 1.29 is 42.1 Å².